The summed E-state index contributed by atoms with van der Waals surface area (Å²) >= 11 is 0. The van der Waals surface area contributed by atoms with Crippen molar-refractivity contribution in [3.05, 3.63) is 36.8 Å². The minimum absolute atomic E-state index is 0.0817. The molecular weight excluding hydrogens is 436 g/mol. The van der Waals surface area contributed by atoms with Crippen LogP contribution >= 0.6 is 0 Å². The van der Waals surface area contributed by atoms with Crippen molar-refractivity contribution in [3.8, 4) is 11.1 Å². The molecule has 3 aromatic rings. The van der Waals surface area contributed by atoms with Crippen LogP contribution < -0.4 is 15.5 Å². The molecule has 34 heavy (non-hydrogen) atoms. The van der Waals surface area contributed by atoms with Gasteiger partial charge in [0.1, 0.15) is 17.7 Å². The molecule has 5 heterocycles. The highest BCUT2D eigenvalue weighted by atomic mass is 16.6. The second-order valence-electron chi connectivity index (χ2n) is 8.80. The van der Waals surface area contributed by atoms with Crippen LogP contribution in [-0.4, -0.2) is 81.4 Å². The third kappa shape index (κ3) is 4.45. The molecule has 2 fully saturated rings. The maximum atomic E-state index is 12.5. The molecule has 5 rings (SSSR count). The quantitative estimate of drug-likeness (QED) is 0.587. The second kappa shape index (κ2) is 9.16. The highest BCUT2D eigenvalue weighted by Gasteiger charge is 2.29. The molecule has 0 saturated carbocycles. The van der Waals surface area contributed by atoms with Crippen molar-refractivity contribution in [1.82, 2.24) is 29.8 Å². The largest absolute Gasteiger partial charge is 0.444 e. The molecule has 11 nitrogen and oxygen atoms in total. The molecule has 2 saturated heterocycles. The smallest absolute Gasteiger partial charge is 0.410 e. The van der Waals surface area contributed by atoms with E-state index in [2.05, 4.69) is 39.5 Å². The van der Waals surface area contributed by atoms with Crippen LogP contribution in [0.25, 0.3) is 16.8 Å². The Morgan fingerprint density at radius 3 is 2.76 bits per heavy atom. The molecule has 0 aromatic carbocycles. The van der Waals surface area contributed by atoms with E-state index < -0.39 is 0 Å². The SMILES string of the molecule is CC(C)Nc1ncccc1-c1cnn2ccc(N3CCN(C(=O)O[C@@H]4CNC(=O)C4)CC3)nc12. The Labute approximate surface area is 197 Å². The zero-order chi connectivity index (χ0) is 23.7. The van der Waals surface area contributed by atoms with E-state index in [9.17, 15) is 9.59 Å². The fourth-order valence-corrected chi connectivity index (χ4v) is 4.23. The minimum atomic E-state index is -0.384. The number of nitrogens with zero attached hydrogens (tertiary/aromatic N) is 6. The highest BCUT2D eigenvalue weighted by molar-refractivity contribution is 5.84. The average Bonchev–Trinajstić information content (AvgIpc) is 3.44. The van der Waals surface area contributed by atoms with Crippen molar-refractivity contribution < 1.29 is 14.3 Å². The first-order valence-electron chi connectivity index (χ1n) is 11.5. The summed E-state index contributed by atoms with van der Waals surface area (Å²) in [6.45, 7) is 6.85. The molecule has 0 radical (unpaired) electrons. The predicted molar refractivity (Wildman–Crippen MR) is 127 cm³/mol. The van der Waals surface area contributed by atoms with E-state index in [1.54, 1.807) is 15.6 Å². The molecule has 1 atom stereocenters. The Bertz CT molecular complexity index is 1200. The van der Waals surface area contributed by atoms with Crippen molar-refractivity contribution >= 4 is 29.3 Å². The Morgan fingerprint density at radius 2 is 2.03 bits per heavy atom. The third-order valence-electron chi connectivity index (χ3n) is 5.95. The molecule has 2 aliphatic heterocycles. The molecule has 0 aliphatic carbocycles. The lowest BCUT2D eigenvalue weighted by Crippen LogP contribution is -2.49. The molecular formula is C23H28N8O3. The van der Waals surface area contributed by atoms with Crippen LogP contribution in [0, 0.1) is 0 Å². The Hall–Kier alpha value is -3.89. The van der Waals surface area contributed by atoms with Gasteiger partial charge in [0.05, 0.1) is 24.7 Å². The van der Waals surface area contributed by atoms with E-state index in [4.69, 9.17) is 9.72 Å². The van der Waals surface area contributed by atoms with Gasteiger partial charge in [-0.3, -0.25) is 4.79 Å². The van der Waals surface area contributed by atoms with Crippen LogP contribution in [0.3, 0.4) is 0 Å². The average molecular weight is 465 g/mol. The van der Waals surface area contributed by atoms with Gasteiger partial charge in [-0.1, -0.05) is 0 Å². The summed E-state index contributed by atoms with van der Waals surface area (Å²) in [5.74, 6) is 1.54. The van der Waals surface area contributed by atoms with Crippen LogP contribution in [0.15, 0.2) is 36.8 Å². The van der Waals surface area contributed by atoms with Crippen LogP contribution in [0.2, 0.25) is 0 Å². The van der Waals surface area contributed by atoms with Crippen molar-refractivity contribution in [3.63, 3.8) is 0 Å². The van der Waals surface area contributed by atoms with Crippen LogP contribution in [0.4, 0.5) is 16.4 Å². The lowest BCUT2D eigenvalue weighted by molar-refractivity contribution is -0.119. The zero-order valence-electron chi connectivity index (χ0n) is 19.3. The maximum absolute atomic E-state index is 12.5. The van der Waals surface area contributed by atoms with E-state index >= 15 is 0 Å². The highest BCUT2D eigenvalue weighted by Crippen LogP contribution is 2.30. The van der Waals surface area contributed by atoms with E-state index in [0.29, 0.717) is 32.7 Å². The number of carbonyl (C=O) groups is 2. The van der Waals surface area contributed by atoms with Gasteiger partial charge in [-0.15, -0.1) is 0 Å². The number of fused-ring (bicyclic) bond motifs is 1. The van der Waals surface area contributed by atoms with Gasteiger partial charge in [0, 0.05) is 50.2 Å². The van der Waals surface area contributed by atoms with E-state index in [-0.39, 0.29) is 30.6 Å². The summed E-state index contributed by atoms with van der Waals surface area (Å²) in [7, 11) is 0. The second-order valence-corrected chi connectivity index (χ2v) is 8.80. The van der Waals surface area contributed by atoms with Crippen molar-refractivity contribution in [2.75, 3.05) is 42.9 Å². The molecule has 11 heteroatoms. The van der Waals surface area contributed by atoms with Gasteiger partial charge in [-0.2, -0.15) is 5.10 Å². The zero-order valence-corrected chi connectivity index (χ0v) is 19.3. The third-order valence-corrected chi connectivity index (χ3v) is 5.95. The van der Waals surface area contributed by atoms with Crippen molar-refractivity contribution in [1.29, 1.82) is 0 Å². The maximum Gasteiger partial charge on any atom is 0.410 e. The number of anilines is 2. The number of pyridine rings is 1. The summed E-state index contributed by atoms with van der Waals surface area (Å²) < 4.78 is 7.22. The normalized spacial score (nSPS) is 18.4. The van der Waals surface area contributed by atoms with Crippen LogP contribution in [0.1, 0.15) is 20.3 Å². The number of rotatable bonds is 5. The van der Waals surface area contributed by atoms with Crippen molar-refractivity contribution in [2.45, 2.75) is 32.4 Å². The van der Waals surface area contributed by atoms with E-state index in [1.165, 1.54) is 0 Å². The molecule has 2 amide bonds. The molecule has 0 spiro atoms. The fraction of sp³-hybridized carbons (Fsp3) is 0.435. The van der Waals surface area contributed by atoms with E-state index in [0.717, 1.165) is 28.4 Å². The first kappa shape index (κ1) is 21.9. The standard InChI is InChI=1S/C23H28N8O3/c1-15(2)27-21-17(4-3-6-24-21)18-14-26-31-7-5-19(28-22(18)31)29-8-10-30(11-9-29)23(33)34-16-12-20(32)25-13-16/h3-7,14-16H,8-13H2,1-2H3,(H,24,27)(H,25,32)/t16-/m0/s1. The van der Waals surface area contributed by atoms with Gasteiger partial charge in [0.15, 0.2) is 5.65 Å². The number of piperazine rings is 1. The number of aromatic nitrogens is 4. The van der Waals surface area contributed by atoms with Gasteiger partial charge in [-0.05, 0) is 32.0 Å². The Balaban J connectivity index is 1.30. The van der Waals surface area contributed by atoms with Crippen LogP contribution in [0.5, 0.6) is 0 Å². The van der Waals surface area contributed by atoms with Gasteiger partial charge in [0.25, 0.3) is 0 Å². The first-order chi connectivity index (χ1) is 16.5. The van der Waals surface area contributed by atoms with E-state index in [1.807, 2.05) is 30.6 Å². The Kier molecular flexibility index (Phi) is 5.91. The molecule has 2 N–H and O–H groups in total. The summed E-state index contributed by atoms with van der Waals surface area (Å²) in [4.78, 5) is 37.0. The molecule has 178 valence electrons. The summed E-state index contributed by atoms with van der Waals surface area (Å²) in [5.41, 5.74) is 2.60. The van der Waals surface area contributed by atoms with Gasteiger partial charge >= 0.3 is 6.09 Å². The minimum Gasteiger partial charge on any atom is -0.444 e. The van der Waals surface area contributed by atoms with Gasteiger partial charge < -0.3 is 25.2 Å². The predicted octanol–water partition coefficient (Wildman–Crippen LogP) is 1.76. The number of hydrogen-bond acceptors (Lipinski definition) is 8. The lowest BCUT2D eigenvalue weighted by atomic mass is 10.1. The number of hydrogen-bond donors (Lipinski definition) is 2. The monoisotopic (exact) mass is 464 g/mol. The number of carbonyl (C=O) groups excluding carboxylic acids is 2. The summed E-state index contributed by atoms with van der Waals surface area (Å²) in [5, 5.41) is 10.5. The number of nitrogens with one attached hydrogen (secondary N) is 2. The molecule has 2 aliphatic rings. The topological polar surface area (TPSA) is 117 Å². The fourth-order valence-electron chi connectivity index (χ4n) is 4.23. The van der Waals surface area contributed by atoms with Crippen molar-refractivity contribution in [2.24, 2.45) is 0 Å². The molecule has 0 unspecified atom stereocenters. The number of ether oxygens (including phenoxy) is 1. The number of amides is 2. The molecule has 0 bridgehead atoms. The van der Waals surface area contributed by atoms with Crippen LogP contribution in [-0.2, 0) is 9.53 Å². The Morgan fingerprint density at radius 1 is 1.21 bits per heavy atom. The van der Waals surface area contributed by atoms with Gasteiger partial charge in [-0.25, -0.2) is 19.3 Å². The summed E-state index contributed by atoms with van der Waals surface area (Å²) in [6.07, 6.45) is 4.96. The lowest BCUT2D eigenvalue weighted by Gasteiger charge is -2.35. The van der Waals surface area contributed by atoms with Gasteiger partial charge in [0.2, 0.25) is 5.91 Å². The molecule has 3 aromatic heterocycles. The first-order valence-corrected chi connectivity index (χ1v) is 11.5. The summed E-state index contributed by atoms with van der Waals surface area (Å²) in [6, 6.07) is 6.10.